The second kappa shape index (κ2) is 7.97. The summed E-state index contributed by atoms with van der Waals surface area (Å²) >= 11 is 5.30. The van der Waals surface area contributed by atoms with Gasteiger partial charge in [0.2, 0.25) is 4.77 Å². The number of H-pyrrole nitrogens is 1. The molecule has 1 N–H and O–H groups in total. The molecule has 3 rings (SSSR count). The summed E-state index contributed by atoms with van der Waals surface area (Å²) in [6.07, 6.45) is 2.40. The summed E-state index contributed by atoms with van der Waals surface area (Å²) < 4.78 is 7.31. The molecular weight excluding hydrogens is 346 g/mol. The van der Waals surface area contributed by atoms with E-state index in [1.165, 1.54) is 0 Å². The van der Waals surface area contributed by atoms with Crippen molar-refractivity contribution in [3.63, 3.8) is 0 Å². The van der Waals surface area contributed by atoms with Gasteiger partial charge >= 0.3 is 0 Å². The molecule has 0 aliphatic heterocycles. The predicted octanol–water partition coefficient (Wildman–Crippen LogP) is 3.49. The highest BCUT2D eigenvalue weighted by Gasteiger charge is 2.06. The molecule has 0 spiro atoms. The van der Waals surface area contributed by atoms with Crippen LogP contribution in [0.3, 0.4) is 0 Å². The van der Waals surface area contributed by atoms with Crippen LogP contribution in [0.2, 0.25) is 0 Å². The maximum Gasteiger partial charge on any atom is 0.216 e. The second-order valence-electron chi connectivity index (χ2n) is 6.01. The number of hydrogen-bond donors (Lipinski definition) is 1. The first kappa shape index (κ1) is 17.9. The Morgan fingerprint density at radius 3 is 2.46 bits per heavy atom. The van der Waals surface area contributed by atoms with E-state index in [1.54, 1.807) is 18.0 Å². The van der Waals surface area contributed by atoms with Crippen LogP contribution in [-0.2, 0) is 6.42 Å². The van der Waals surface area contributed by atoms with Crippen LogP contribution in [-0.4, -0.2) is 42.3 Å². The molecule has 0 amide bonds. The number of nitrogens with one attached hydrogen (secondary N) is 1. The van der Waals surface area contributed by atoms with E-state index in [1.807, 2.05) is 62.6 Å². The summed E-state index contributed by atoms with van der Waals surface area (Å²) in [5.74, 6) is 1.58. The summed E-state index contributed by atoms with van der Waals surface area (Å²) in [6, 6.07) is 16.0. The molecule has 0 radical (unpaired) electrons. The number of methoxy groups -OCH3 is 1. The largest absolute Gasteiger partial charge is 0.497 e. The molecule has 0 bridgehead atoms. The Morgan fingerprint density at radius 1 is 1.15 bits per heavy atom. The van der Waals surface area contributed by atoms with Crippen molar-refractivity contribution >= 4 is 24.1 Å². The molecular formula is C19H21N5OS. The fourth-order valence-corrected chi connectivity index (χ4v) is 2.66. The molecule has 0 saturated carbocycles. The van der Waals surface area contributed by atoms with Gasteiger partial charge in [0.15, 0.2) is 5.82 Å². The Bertz CT molecular complexity index is 939. The SMILES string of the molecule is COc1ccc(Cc2n[nH]c(=S)n2/N=C\c2ccc(N(C)C)cc2)cc1. The molecule has 0 unspecified atom stereocenters. The van der Waals surface area contributed by atoms with Crippen molar-refractivity contribution < 1.29 is 4.74 Å². The maximum atomic E-state index is 5.30. The van der Waals surface area contributed by atoms with Gasteiger partial charge in [0, 0.05) is 26.2 Å². The average Bonchev–Trinajstić information content (AvgIpc) is 3.00. The predicted molar refractivity (Wildman–Crippen MR) is 107 cm³/mol. The highest BCUT2D eigenvalue weighted by molar-refractivity contribution is 7.71. The van der Waals surface area contributed by atoms with E-state index in [4.69, 9.17) is 17.0 Å². The summed E-state index contributed by atoms with van der Waals surface area (Å²) in [7, 11) is 5.68. The molecule has 0 atom stereocenters. The number of rotatable bonds is 6. The molecule has 0 aliphatic carbocycles. The molecule has 26 heavy (non-hydrogen) atoms. The third kappa shape index (κ3) is 4.18. The Kier molecular flexibility index (Phi) is 5.48. The van der Waals surface area contributed by atoms with Crippen LogP contribution >= 0.6 is 12.2 Å². The average molecular weight is 367 g/mol. The van der Waals surface area contributed by atoms with Crippen LogP contribution in [0.1, 0.15) is 17.0 Å². The number of hydrogen-bond acceptors (Lipinski definition) is 5. The van der Waals surface area contributed by atoms with Gasteiger partial charge in [-0.05, 0) is 47.6 Å². The Morgan fingerprint density at radius 2 is 1.85 bits per heavy atom. The fraction of sp³-hybridized carbons (Fsp3) is 0.211. The van der Waals surface area contributed by atoms with Crippen LogP contribution in [0, 0.1) is 4.77 Å². The zero-order valence-electron chi connectivity index (χ0n) is 15.0. The van der Waals surface area contributed by atoms with E-state index in [2.05, 4.69) is 20.2 Å². The maximum absolute atomic E-state index is 5.30. The lowest BCUT2D eigenvalue weighted by atomic mass is 10.1. The van der Waals surface area contributed by atoms with Gasteiger partial charge in [0.1, 0.15) is 5.75 Å². The van der Waals surface area contributed by atoms with Gasteiger partial charge in [0.25, 0.3) is 0 Å². The molecule has 2 aromatic carbocycles. The summed E-state index contributed by atoms with van der Waals surface area (Å²) in [5.41, 5.74) is 3.24. The molecule has 0 saturated heterocycles. The van der Waals surface area contributed by atoms with Gasteiger partial charge in [-0.15, -0.1) is 0 Å². The third-order valence-electron chi connectivity index (χ3n) is 3.97. The first-order valence-electron chi connectivity index (χ1n) is 8.18. The van der Waals surface area contributed by atoms with Crippen LogP contribution < -0.4 is 9.64 Å². The molecule has 0 fully saturated rings. The minimum Gasteiger partial charge on any atom is -0.497 e. The molecule has 6 nitrogen and oxygen atoms in total. The zero-order chi connectivity index (χ0) is 18.5. The van der Waals surface area contributed by atoms with Gasteiger partial charge in [-0.1, -0.05) is 24.3 Å². The highest BCUT2D eigenvalue weighted by Crippen LogP contribution is 2.15. The van der Waals surface area contributed by atoms with E-state index < -0.39 is 0 Å². The van der Waals surface area contributed by atoms with Crippen molar-refractivity contribution in [3.05, 3.63) is 70.3 Å². The van der Waals surface area contributed by atoms with Crippen LogP contribution in [0.5, 0.6) is 5.75 Å². The molecule has 134 valence electrons. The van der Waals surface area contributed by atoms with Crippen molar-refractivity contribution in [1.82, 2.24) is 14.9 Å². The van der Waals surface area contributed by atoms with Gasteiger partial charge in [-0.2, -0.15) is 14.9 Å². The van der Waals surface area contributed by atoms with Crippen molar-refractivity contribution in [2.45, 2.75) is 6.42 Å². The molecule has 7 heteroatoms. The van der Waals surface area contributed by atoms with Gasteiger partial charge < -0.3 is 9.64 Å². The summed E-state index contributed by atoms with van der Waals surface area (Å²) in [6.45, 7) is 0. The summed E-state index contributed by atoms with van der Waals surface area (Å²) in [5, 5.41) is 11.6. The normalized spacial score (nSPS) is 11.0. The first-order chi connectivity index (χ1) is 12.6. The fourth-order valence-electron chi connectivity index (χ4n) is 2.47. The first-order valence-corrected chi connectivity index (χ1v) is 8.58. The van der Waals surface area contributed by atoms with Crippen molar-refractivity contribution in [3.8, 4) is 5.75 Å². The van der Waals surface area contributed by atoms with Crippen LogP contribution in [0.25, 0.3) is 0 Å². The van der Waals surface area contributed by atoms with E-state index in [-0.39, 0.29) is 0 Å². The van der Waals surface area contributed by atoms with Gasteiger partial charge in [0.05, 0.1) is 13.3 Å². The van der Waals surface area contributed by atoms with E-state index in [9.17, 15) is 0 Å². The number of ether oxygens (including phenoxy) is 1. The standard InChI is InChI=1S/C19H21N5OS/c1-23(2)16-8-4-15(5-9-16)13-20-24-18(21-22-19(24)26)12-14-6-10-17(25-3)11-7-14/h4-11,13H,12H2,1-3H3,(H,22,26)/b20-13-. The second-order valence-corrected chi connectivity index (χ2v) is 6.40. The quantitative estimate of drug-likeness (QED) is 0.535. The van der Waals surface area contributed by atoms with Gasteiger partial charge in [-0.25, -0.2) is 0 Å². The van der Waals surface area contributed by atoms with E-state index >= 15 is 0 Å². The topological polar surface area (TPSA) is 58.4 Å². The Labute approximate surface area is 157 Å². The number of anilines is 1. The minimum atomic E-state index is 0.467. The lowest BCUT2D eigenvalue weighted by molar-refractivity contribution is 0.414. The minimum absolute atomic E-state index is 0.467. The number of aromatic amines is 1. The zero-order valence-corrected chi connectivity index (χ0v) is 15.8. The van der Waals surface area contributed by atoms with Gasteiger partial charge in [-0.3, -0.25) is 5.10 Å². The van der Waals surface area contributed by atoms with Crippen LogP contribution in [0.4, 0.5) is 5.69 Å². The van der Waals surface area contributed by atoms with Crippen LogP contribution in [0.15, 0.2) is 53.6 Å². The Balaban J connectivity index is 1.79. The molecule has 0 aliphatic rings. The smallest absolute Gasteiger partial charge is 0.216 e. The molecule has 1 aromatic heterocycles. The van der Waals surface area contributed by atoms with Crippen molar-refractivity contribution in [2.24, 2.45) is 5.10 Å². The number of aromatic nitrogens is 3. The third-order valence-corrected chi connectivity index (χ3v) is 4.23. The lowest BCUT2D eigenvalue weighted by Crippen LogP contribution is -2.08. The highest BCUT2D eigenvalue weighted by atomic mass is 32.1. The molecule has 3 aromatic rings. The summed E-state index contributed by atoms with van der Waals surface area (Å²) in [4.78, 5) is 2.06. The molecule has 1 heterocycles. The number of nitrogens with zero attached hydrogens (tertiary/aromatic N) is 4. The Hall–Kier alpha value is -2.93. The lowest BCUT2D eigenvalue weighted by Gasteiger charge is -2.11. The van der Waals surface area contributed by atoms with E-state index in [0.717, 1.165) is 28.4 Å². The van der Waals surface area contributed by atoms with Crippen molar-refractivity contribution in [1.29, 1.82) is 0 Å². The van der Waals surface area contributed by atoms with E-state index in [0.29, 0.717) is 11.2 Å². The monoisotopic (exact) mass is 367 g/mol. The van der Waals surface area contributed by atoms with Crippen molar-refractivity contribution in [2.75, 3.05) is 26.1 Å². The number of benzene rings is 2.